The average Bonchev–Trinajstić information content (AvgIpc) is 2.82. The zero-order valence-corrected chi connectivity index (χ0v) is 10.00. The van der Waals surface area contributed by atoms with Crippen LogP contribution in [0.5, 0.6) is 0 Å². The van der Waals surface area contributed by atoms with E-state index in [1.807, 2.05) is 43.5 Å². The Morgan fingerprint density at radius 1 is 1.11 bits per heavy atom. The van der Waals surface area contributed by atoms with Crippen LogP contribution < -0.4 is 0 Å². The summed E-state index contributed by atoms with van der Waals surface area (Å²) in [6, 6.07) is 16.2. The van der Waals surface area contributed by atoms with Crippen molar-refractivity contribution in [2.24, 2.45) is 4.99 Å². The number of hydrogen-bond acceptors (Lipinski definition) is 3. The lowest BCUT2D eigenvalue weighted by atomic mass is 10.1. The molecule has 18 heavy (non-hydrogen) atoms. The molecule has 0 radical (unpaired) electrons. The Labute approximate surface area is 105 Å². The zero-order chi connectivity index (χ0) is 12.4. The fourth-order valence-corrected chi connectivity index (χ4v) is 1.91. The van der Waals surface area contributed by atoms with Crippen LogP contribution in [0.25, 0.3) is 10.8 Å². The van der Waals surface area contributed by atoms with Gasteiger partial charge in [0, 0.05) is 17.8 Å². The molecule has 0 atom stereocenters. The highest BCUT2D eigenvalue weighted by molar-refractivity contribution is 6.00. The number of fused-ring (bicyclic) bond motifs is 1. The first-order valence-electron chi connectivity index (χ1n) is 5.78. The molecule has 3 heteroatoms. The second-order valence-corrected chi connectivity index (χ2v) is 4.13. The zero-order valence-electron chi connectivity index (χ0n) is 10.00. The van der Waals surface area contributed by atoms with E-state index in [1.54, 1.807) is 0 Å². The van der Waals surface area contributed by atoms with Crippen molar-refractivity contribution in [3.63, 3.8) is 0 Å². The van der Waals surface area contributed by atoms with Gasteiger partial charge < -0.3 is 4.52 Å². The Morgan fingerprint density at radius 3 is 2.78 bits per heavy atom. The van der Waals surface area contributed by atoms with E-state index in [0.717, 1.165) is 11.3 Å². The van der Waals surface area contributed by atoms with Crippen LogP contribution in [0.1, 0.15) is 11.3 Å². The third-order valence-corrected chi connectivity index (χ3v) is 2.77. The van der Waals surface area contributed by atoms with Crippen LogP contribution in [0.15, 0.2) is 58.0 Å². The molecule has 0 N–H and O–H groups in total. The number of hydrogen-bond donors (Lipinski definition) is 0. The van der Waals surface area contributed by atoms with Crippen LogP contribution in [0.3, 0.4) is 0 Å². The summed E-state index contributed by atoms with van der Waals surface area (Å²) in [5.41, 5.74) is 1.90. The fourth-order valence-electron chi connectivity index (χ4n) is 1.91. The largest absolute Gasteiger partial charge is 0.336 e. The van der Waals surface area contributed by atoms with Gasteiger partial charge in [0.15, 0.2) is 0 Å². The molecule has 1 aromatic heterocycles. The van der Waals surface area contributed by atoms with E-state index in [9.17, 15) is 0 Å². The van der Waals surface area contributed by atoms with E-state index < -0.39 is 0 Å². The van der Waals surface area contributed by atoms with Gasteiger partial charge in [-0.15, -0.1) is 0 Å². The monoisotopic (exact) mass is 236 g/mol. The second kappa shape index (κ2) is 4.45. The van der Waals surface area contributed by atoms with Crippen molar-refractivity contribution < 1.29 is 4.52 Å². The van der Waals surface area contributed by atoms with E-state index >= 15 is 0 Å². The lowest BCUT2D eigenvalue weighted by Gasteiger charge is -2.00. The average molecular weight is 236 g/mol. The molecule has 88 valence electrons. The van der Waals surface area contributed by atoms with Crippen LogP contribution in [-0.2, 0) is 0 Å². The first-order valence-corrected chi connectivity index (χ1v) is 5.78. The Hall–Kier alpha value is -2.42. The number of benzene rings is 2. The molecule has 2 aromatic carbocycles. The highest BCUT2D eigenvalue weighted by Gasteiger charge is 1.99. The molecular formula is C15H12N2O. The fraction of sp³-hybridized carbons (Fsp3) is 0.0667. The molecule has 0 fully saturated rings. The topological polar surface area (TPSA) is 38.4 Å². The molecule has 3 aromatic rings. The van der Waals surface area contributed by atoms with Crippen LogP contribution in [0.2, 0.25) is 0 Å². The maximum Gasteiger partial charge on any atom is 0.250 e. The molecule has 1 heterocycles. The Morgan fingerprint density at radius 2 is 1.94 bits per heavy atom. The smallest absolute Gasteiger partial charge is 0.250 e. The lowest BCUT2D eigenvalue weighted by Crippen LogP contribution is -1.83. The molecule has 0 amide bonds. The highest BCUT2D eigenvalue weighted by Crippen LogP contribution is 2.18. The predicted molar refractivity (Wildman–Crippen MR) is 72.4 cm³/mol. The van der Waals surface area contributed by atoms with Gasteiger partial charge in [0.1, 0.15) is 0 Å². The normalized spacial score (nSPS) is 11.4. The van der Waals surface area contributed by atoms with Crippen molar-refractivity contribution in [2.45, 2.75) is 6.92 Å². The Balaban J connectivity index is 2.02. The summed E-state index contributed by atoms with van der Waals surface area (Å²) in [7, 11) is 0. The van der Waals surface area contributed by atoms with E-state index in [2.05, 4.69) is 28.3 Å². The molecular weight excluding hydrogens is 224 g/mol. The maximum absolute atomic E-state index is 5.05. The molecule has 0 spiro atoms. The maximum atomic E-state index is 5.05. The molecule has 0 aliphatic heterocycles. The van der Waals surface area contributed by atoms with Crippen molar-refractivity contribution >= 4 is 22.9 Å². The van der Waals surface area contributed by atoms with Gasteiger partial charge >= 0.3 is 0 Å². The van der Waals surface area contributed by atoms with Crippen LogP contribution >= 0.6 is 0 Å². The van der Waals surface area contributed by atoms with Gasteiger partial charge in [-0.1, -0.05) is 47.6 Å². The summed E-state index contributed by atoms with van der Waals surface area (Å²) in [6.45, 7) is 1.88. The third kappa shape index (κ3) is 2.02. The van der Waals surface area contributed by atoms with Crippen molar-refractivity contribution in [3.05, 3.63) is 59.8 Å². The van der Waals surface area contributed by atoms with Crippen molar-refractivity contribution in [1.29, 1.82) is 0 Å². The van der Waals surface area contributed by atoms with Crippen LogP contribution in [0, 0.1) is 6.92 Å². The van der Waals surface area contributed by atoms with Gasteiger partial charge in [-0.25, -0.2) is 4.99 Å². The van der Waals surface area contributed by atoms with Crippen molar-refractivity contribution in [1.82, 2.24) is 5.16 Å². The van der Waals surface area contributed by atoms with Crippen LogP contribution in [0.4, 0.5) is 5.88 Å². The molecule has 0 saturated carbocycles. The first-order chi connectivity index (χ1) is 8.83. The molecule has 0 aliphatic carbocycles. The minimum atomic E-state index is 0.528. The molecule has 0 aliphatic rings. The third-order valence-electron chi connectivity index (χ3n) is 2.77. The summed E-state index contributed by atoms with van der Waals surface area (Å²) >= 11 is 0. The van der Waals surface area contributed by atoms with Gasteiger partial charge in [0.2, 0.25) is 0 Å². The van der Waals surface area contributed by atoms with Gasteiger partial charge in [-0.2, -0.15) is 0 Å². The van der Waals surface area contributed by atoms with Gasteiger partial charge in [-0.3, -0.25) is 0 Å². The highest BCUT2D eigenvalue weighted by atomic mass is 16.5. The molecule has 0 bridgehead atoms. The summed E-state index contributed by atoms with van der Waals surface area (Å²) in [5, 5.41) is 6.19. The van der Waals surface area contributed by atoms with E-state index in [1.165, 1.54) is 10.8 Å². The van der Waals surface area contributed by atoms with Gasteiger partial charge in [-0.05, 0) is 17.7 Å². The number of aromatic nitrogens is 1. The lowest BCUT2D eigenvalue weighted by molar-refractivity contribution is 0.425. The quantitative estimate of drug-likeness (QED) is 0.633. The SMILES string of the molecule is Cc1cc(N=Cc2cccc3ccccc23)on1. The molecule has 0 saturated heterocycles. The number of aryl methyl sites for hydroxylation is 1. The predicted octanol–water partition coefficient (Wildman–Crippen LogP) is 3.89. The number of aliphatic imine (C=N–C) groups is 1. The van der Waals surface area contributed by atoms with Gasteiger partial charge in [0.05, 0.1) is 5.69 Å². The van der Waals surface area contributed by atoms with Gasteiger partial charge in [0.25, 0.3) is 5.88 Å². The Bertz CT molecular complexity index is 708. The molecule has 3 rings (SSSR count). The van der Waals surface area contributed by atoms with Crippen LogP contribution in [-0.4, -0.2) is 11.4 Å². The summed E-state index contributed by atoms with van der Waals surface area (Å²) in [5.74, 6) is 0.528. The Kier molecular flexibility index (Phi) is 2.65. The molecule has 3 nitrogen and oxygen atoms in total. The van der Waals surface area contributed by atoms with E-state index in [4.69, 9.17) is 4.52 Å². The van der Waals surface area contributed by atoms with Crippen molar-refractivity contribution in [2.75, 3.05) is 0 Å². The number of rotatable bonds is 2. The molecule has 0 unspecified atom stereocenters. The summed E-state index contributed by atoms with van der Waals surface area (Å²) in [6.07, 6.45) is 1.81. The second-order valence-electron chi connectivity index (χ2n) is 4.13. The summed E-state index contributed by atoms with van der Waals surface area (Å²) < 4.78 is 5.05. The minimum absolute atomic E-state index is 0.528. The van der Waals surface area contributed by atoms with Crippen molar-refractivity contribution in [3.8, 4) is 0 Å². The summed E-state index contributed by atoms with van der Waals surface area (Å²) in [4.78, 5) is 4.29. The standard InChI is InChI=1S/C15H12N2O/c1-11-9-15(18-17-11)16-10-13-7-4-6-12-5-2-3-8-14(12)13/h2-10H,1H3. The minimum Gasteiger partial charge on any atom is -0.336 e. The van der Waals surface area contributed by atoms with E-state index in [0.29, 0.717) is 5.88 Å². The number of nitrogens with zero attached hydrogens (tertiary/aromatic N) is 2. The van der Waals surface area contributed by atoms with E-state index in [-0.39, 0.29) is 0 Å². The first kappa shape index (κ1) is 10.7.